The number of benzene rings is 1. The van der Waals surface area contributed by atoms with E-state index in [-0.39, 0.29) is 11.5 Å². The highest BCUT2D eigenvalue weighted by Crippen LogP contribution is 2.44. The number of nitrogens with two attached hydrogens (primary N) is 1. The molecule has 1 fully saturated rings. The molecule has 0 radical (unpaired) electrons. The largest absolute Gasteiger partial charge is 0.271 e. The summed E-state index contributed by atoms with van der Waals surface area (Å²) in [6.07, 6.45) is 12.1. The van der Waals surface area contributed by atoms with Crippen LogP contribution in [0.5, 0.6) is 0 Å². The average molecular weight is 242 g/mol. The van der Waals surface area contributed by atoms with Crippen molar-refractivity contribution in [3.8, 4) is 12.3 Å². The second-order valence-corrected chi connectivity index (χ2v) is 5.19. The fraction of sp³-hybridized carbons (Fsp3) is 0.500. The minimum atomic E-state index is 0.173. The van der Waals surface area contributed by atoms with Gasteiger partial charge in [0.25, 0.3) is 0 Å². The van der Waals surface area contributed by atoms with E-state index in [4.69, 9.17) is 12.3 Å². The van der Waals surface area contributed by atoms with Crippen LogP contribution in [0.2, 0.25) is 0 Å². The maximum absolute atomic E-state index is 5.80. The van der Waals surface area contributed by atoms with Gasteiger partial charge in [0.05, 0.1) is 0 Å². The Morgan fingerprint density at radius 3 is 2.50 bits per heavy atom. The SMILES string of the molecule is C#CCCC(NN)C1(c2ccccc2)CCCC1. The van der Waals surface area contributed by atoms with Gasteiger partial charge in [0.2, 0.25) is 0 Å². The van der Waals surface area contributed by atoms with E-state index < -0.39 is 0 Å². The molecular formula is C16H22N2. The molecule has 1 saturated carbocycles. The number of hydrogen-bond donors (Lipinski definition) is 2. The summed E-state index contributed by atoms with van der Waals surface area (Å²) in [5.74, 6) is 8.53. The lowest BCUT2D eigenvalue weighted by molar-refractivity contribution is 0.286. The van der Waals surface area contributed by atoms with E-state index >= 15 is 0 Å². The van der Waals surface area contributed by atoms with E-state index in [0.717, 1.165) is 12.8 Å². The van der Waals surface area contributed by atoms with Gasteiger partial charge in [-0.05, 0) is 24.8 Å². The smallest absolute Gasteiger partial charge is 0.0316 e. The van der Waals surface area contributed by atoms with Gasteiger partial charge < -0.3 is 0 Å². The first-order chi connectivity index (χ1) is 8.83. The molecule has 2 rings (SSSR count). The first-order valence-electron chi connectivity index (χ1n) is 6.78. The highest BCUT2D eigenvalue weighted by Gasteiger charge is 2.41. The molecule has 1 aromatic carbocycles. The van der Waals surface area contributed by atoms with Gasteiger partial charge in [-0.25, -0.2) is 0 Å². The third-order valence-corrected chi connectivity index (χ3v) is 4.29. The van der Waals surface area contributed by atoms with Crippen LogP contribution in [0.15, 0.2) is 30.3 Å². The number of hydrogen-bond acceptors (Lipinski definition) is 2. The van der Waals surface area contributed by atoms with Crippen molar-refractivity contribution in [3.05, 3.63) is 35.9 Å². The molecule has 1 aliphatic carbocycles. The highest BCUT2D eigenvalue weighted by atomic mass is 15.2. The Morgan fingerprint density at radius 1 is 1.28 bits per heavy atom. The van der Waals surface area contributed by atoms with Gasteiger partial charge in [-0.3, -0.25) is 11.3 Å². The molecule has 1 aromatic rings. The van der Waals surface area contributed by atoms with Crippen molar-refractivity contribution >= 4 is 0 Å². The zero-order chi connectivity index (χ0) is 12.8. The summed E-state index contributed by atoms with van der Waals surface area (Å²) >= 11 is 0. The Labute approximate surface area is 110 Å². The van der Waals surface area contributed by atoms with Gasteiger partial charge in [0.1, 0.15) is 0 Å². The van der Waals surface area contributed by atoms with Gasteiger partial charge in [0, 0.05) is 17.9 Å². The third-order valence-electron chi connectivity index (χ3n) is 4.29. The van der Waals surface area contributed by atoms with Gasteiger partial charge in [0.15, 0.2) is 0 Å². The molecule has 0 saturated heterocycles. The summed E-state index contributed by atoms with van der Waals surface area (Å²) in [5, 5.41) is 0. The van der Waals surface area contributed by atoms with Gasteiger partial charge >= 0.3 is 0 Å². The van der Waals surface area contributed by atoms with Crippen LogP contribution in [0.1, 0.15) is 44.1 Å². The lowest BCUT2D eigenvalue weighted by Crippen LogP contribution is -2.50. The zero-order valence-corrected chi connectivity index (χ0v) is 10.9. The Morgan fingerprint density at radius 2 is 1.94 bits per heavy atom. The van der Waals surface area contributed by atoms with Crippen molar-refractivity contribution in [1.29, 1.82) is 0 Å². The van der Waals surface area contributed by atoms with Crippen LogP contribution < -0.4 is 11.3 Å². The second kappa shape index (κ2) is 6.04. The van der Waals surface area contributed by atoms with Gasteiger partial charge in [-0.2, -0.15) is 0 Å². The van der Waals surface area contributed by atoms with E-state index in [2.05, 4.69) is 41.7 Å². The standard InChI is InChI=1S/C16H22N2/c1-2-3-11-15(18-17)16(12-7-8-13-16)14-9-5-4-6-10-14/h1,4-6,9-10,15,18H,3,7-8,11-13,17H2. The first-order valence-corrected chi connectivity index (χ1v) is 6.78. The van der Waals surface area contributed by atoms with E-state index in [1.54, 1.807) is 0 Å². The highest BCUT2D eigenvalue weighted by molar-refractivity contribution is 5.29. The Bertz CT molecular complexity index is 399. The maximum Gasteiger partial charge on any atom is 0.0316 e. The first kappa shape index (κ1) is 13.1. The molecule has 1 unspecified atom stereocenters. The quantitative estimate of drug-likeness (QED) is 0.473. The zero-order valence-electron chi connectivity index (χ0n) is 10.9. The monoisotopic (exact) mass is 242 g/mol. The van der Waals surface area contributed by atoms with Crippen molar-refractivity contribution in [3.63, 3.8) is 0 Å². The average Bonchev–Trinajstić information content (AvgIpc) is 2.91. The van der Waals surface area contributed by atoms with E-state index in [0.29, 0.717) is 0 Å². The van der Waals surface area contributed by atoms with Crippen molar-refractivity contribution in [1.82, 2.24) is 5.43 Å². The van der Waals surface area contributed by atoms with Crippen molar-refractivity contribution in [2.75, 3.05) is 0 Å². The molecule has 0 heterocycles. The lowest BCUT2D eigenvalue weighted by Gasteiger charge is -2.37. The Balaban J connectivity index is 2.29. The van der Waals surface area contributed by atoms with Crippen molar-refractivity contribution in [2.45, 2.75) is 50.0 Å². The van der Waals surface area contributed by atoms with E-state index in [1.807, 2.05) is 0 Å². The van der Waals surface area contributed by atoms with Crippen LogP contribution in [-0.4, -0.2) is 6.04 Å². The molecular weight excluding hydrogens is 220 g/mol. The molecule has 0 spiro atoms. The second-order valence-electron chi connectivity index (χ2n) is 5.19. The predicted molar refractivity (Wildman–Crippen MR) is 75.8 cm³/mol. The number of nitrogens with one attached hydrogen (secondary N) is 1. The van der Waals surface area contributed by atoms with Crippen LogP contribution in [-0.2, 0) is 5.41 Å². The van der Waals surface area contributed by atoms with E-state index in [9.17, 15) is 0 Å². The topological polar surface area (TPSA) is 38.0 Å². The summed E-state index contributed by atoms with van der Waals surface area (Å²) in [6, 6.07) is 11.0. The van der Waals surface area contributed by atoms with Gasteiger partial charge in [-0.1, -0.05) is 43.2 Å². The molecule has 0 bridgehead atoms. The normalized spacial score (nSPS) is 19.3. The molecule has 18 heavy (non-hydrogen) atoms. The summed E-state index contributed by atoms with van der Waals surface area (Å²) < 4.78 is 0. The van der Waals surface area contributed by atoms with E-state index in [1.165, 1.54) is 31.2 Å². The fourth-order valence-corrected chi connectivity index (χ4v) is 3.36. The Kier molecular flexibility index (Phi) is 4.41. The fourth-order valence-electron chi connectivity index (χ4n) is 3.36. The minimum absolute atomic E-state index is 0.173. The Hall–Kier alpha value is -1.30. The minimum Gasteiger partial charge on any atom is -0.271 e. The molecule has 2 heteroatoms. The number of rotatable bonds is 5. The predicted octanol–water partition coefficient (Wildman–Crippen LogP) is 2.74. The molecule has 1 aliphatic rings. The maximum atomic E-state index is 5.80. The molecule has 0 amide bonds. The summed E-state index contributed by atoms with van der Waals surface area (Å²) in [5.41, 5.74) is 4.60. The molecule has 0 aliphatic heterocycles. The van der Waals surface area contributed by atoms with Crippen LogP contribution in [0.4, 0.5) is 0 Å². The summed E-state index contributed by atoms with van der Waals surface area (Å²) in [7, 11) is 0. The molecule has 2 nitrogen and oxygen atoms in total. The third kappa shape index (κ3) is 2.43. The number of terminal acetylenes is 1. The lowest BCUT2D eigenvalue weighted by atomic mass is 9.71. The van der Waals surface area contributed by atoms with Gasteiger partial charge in [-0.15, -0.1) is 12.3 Å². The molecule has 96 valence electrons. The summed E-state index contributed by atoms with van der Waals surface area (Å²) in [6.45, 7) is 0. The van der Waals surface area contributed by atoms with Crippen molar-refractivity contribution < 1.29 is 0 Å². The van der Waals surface area contributed by atoms with Crippen LogP contribution >= 0.6 is 0 Å². The molecule has 0 aromatic heterocycles. The molecule has 3 N–H and O–H groups in total. The van der Waals surface area contributed by atoms with Crippen LogP contribution in [0.3, 0.4) is 0 Å². The van der Waals surface area contributed by atoms with Crippen molar-refractivity contribution in [2.24, 2.45) is 5.84 Å². The summed E-state index contributed by atoms with van der Waals surface area (Å²) in [4.78, 5) is 0. The molecule has 1 atom stereocenters. The van der Waals surface area contributed by atoms with Crippen LogP contribution in [0, 0.1) is 12.3 Å². The number of hydrazine groups is 1. The van der Waals surface area contributed by atoms with Crippen LogP contribution in [0.25, 0.3) is 0 Å².